The fourth-order valence-corrected chi connectivity index (χ4v) is 3.49. The first-order chi connectivity index (χ1) is 12.4. The van der Waals surface area contributed by atoms with Crippen LogP contribution in [-0.4, -0.2) is 22.8 Å². The van der Waals surface area contributed by atoms with E-state index in [1.165, 1.54) is 35.2 Å². The van der Waals surface area contributed by atoms with Crippen molar-refractivity contribution in [3.05, 3.63) is 57.7 Å². The number of ether oxygens (including phenoxy) is 1. The maximum Gasteiger partial charge on any atom is 0.271 e. The summed E-state index contributed by atoms with van der Waals surface area (Å²) in [7, 11) is 0. The van der Waals surface area contributed by atoms with E-state index in [1.807, 2.05) is 0 Å². The summed E-state index contributed by atoms with van der Waals surface area (Å²) in [6.07, 6.45) is 1.57. The molecule has 8 heteroatoms. The molecule has 1 fully saturated rings. The monoisotopic (exact) mass is 392 g/mol. The quantitative estimate of drug-likeness (QED) is 0.743. The molecule has 26 heavy (non-hydrogen) atoms. The Morgan fingerprint density at radius 1 is 1.35 bits per heavy atom. The number of phenolic OH excluding ortho intramolecular Hbond substituents is 1. The number of benzene rings is 2. The molecular weight excluding hydrogens is 379 g/mol. The summed E-state index contributed by atoms with van der Waals surface area (Å²) in [5.41, 5.74) is 0.969. The molecule has 1 aliphatic heterocycles. The molecule has 0 atom stereocenters. The van der Waals surface area contributed by atoms with Crippen LogP contribution in [0.5, 0.6) is 11.5 Å². The molecule has 2 aromatic rings. The number of amidine groups is 1. The van der Waals surface area contributed by atoms with E-state index < -0.39 is 11.7 Å². The highest BCUT2D eigenvalue weighted by Gasteiger charge is 2.33. The van der Waals surface area contributed by atoms with Gasteiger partial charge < -0.3 is 9.84 Å². The Morgan fingerprint density at radius 3 is 2.69 bits per heavy atom. The Labute approximate surface area is 158 Å². The van der Waals surface area contributed by atoms with E-state index in [9.17, 15) is 14.3 Å². The van der Waals surface area contributed by atoms with Crippen molar-refractivity contribution >= 4 is 46.2 Å². The van der Waals surface area contributed by atoms with Crippen molar-refractivity contribution in [1.29, 1.82) is 5.41 Å². The van der Waals surface area contributed by atoms with Gasteiger partial charge in [0.2, 0.25) is 0 Å². The Morgan fingerprint density at radius 2 is 2.04 bits per heavy atom. The summed E-state index contributed by atoms with van der Waals surface area (Å²) in [4.78, 5) is 14.2. The van der Waals surface area contributed by atoms with Gasteiger partial charge in [0.25, 0.3) is 5.91 Å². The zero-order chi connectivity index (χ0) is 18.8. The van der Waals surface area contributed by atoms with Gasteiger partial charge >= 0.3 is 0 Å². The number of carbonyl (C=O) groups excluding carboxylic acids is 1. The van der Waals surface area contributed by atoms with Gasteiger partial charge in [-0.2, -0.15) is 0 Å². The predicted molar refractivity (Wildman–Crippen MR) is 101 cm³/mol. The molecule has 0 saturated carbocycles. The van der Waals surface area contributed by atoms with Crippen molar-refractivity contribution in [2.24, 2.45) is 0 Å². The highest BCUT2D eigenvalue weighted by atomic mass is 35.5. The first-order valence-electron chi connectivity index (χ1n) is 7.64. The van der Waals surface area contributed by atoms with Crippen LogP contribution in [-0.2, 0) is 4.79 Å². The second kappa shape index (κ2) is 7.39. The Hall–Kier alpha value is -2.51. The lowest BCUT2D eigenvalue weighted by atomic mass is 10.1. The molecule has 1 saturated heterocycles. The van der Waals surface area contributed by atoms with Gasteiger partial charge in [0, 0.05) is 0 Å². The number of rotatable bonds is 4. The van der Waals surface area contributed by atoms with E-state index >= 15 is 0 Å². The number of aromatic hydroxyl groups is 1. The van der Waals surface area contributed by atoms with Gasteiger partial charge in [0.1, 0.15) is 5.82 Å². The van der Waals surface area contributed by atoms with E-state index in [0.717, 1.165) is 11.8 Å². The first-order valence-corrected chi connectivity index (χ1v) is 8.83. The lowest BCUT2D eigenvalue weighted by Crippen LogP contribution is -2.28. The molecule has 5 nitrogen and oxygen atoms in total. The van der Waals surface area contributed by atoms with Crippen LogP contribution in [0.1, 0.15) is 12.5 Å². The highest BCUT2D eigenvalue weighted by Crippen LogP contribution is 2.39. The third-order valence-corrected chi connectivity index (χ3v) is 4.73. The van der Waals surface area contributed by atoms with Crippen molar-refractivity contribution in [3.8, 4) is 11.5 Å². The predicted octanol–water partition coefficient (Wildman–Crippen LogP) is 4.64. The highest BCUT2D eigenvalue weighted by molar-refractivity contribution is 8.19. The van der Waals surface area contributed by atoms with Gasteiger partial charge in [0.15, 0.2) is 16.7 Å². The molecule has 1 aliphatic rings. The van der Waals surface area contributed by atoms with E-state index in [0.29, 0.717) is 22.8 Å². The topological polar surface area (TPSA) is 73.6 Å². The number of hydrogen-bond donors (Lipinski definition) is 2. The number of carbonyl (C=O) groups is 1. The van der Waals surface area contributed by atoms with Crippen LogP contribution >= 0.6 is 23.4 Å². The molecule has 0 aliphatic carbocycles. The molecule has 0 radical (unpaired) electrons. The van der Waals surface area contributed by atoms with E-state index in [2.05, 4.69) is 0 Å². The summed E-state index contributed by atoms with van der Waals surface area (Å²) in [5.74, 6) is -0.763. The average molecular weight is 393 g/mol. The van der Waals surface area contributed by atoms with Crippen LogP contribution < -0.4 is 9.64 Å². The van der Waals surface area contributed by atoms with Crippen molar-refractivity contribution in [2.45, 2.75) is 6.92 Å². The SMILES string of the molecule is CCOc1cc(/C=C2\SC(=N)N(c3ccc(F)cc3)C2=O)cc(Cl)c1O. The second-order valence-corrected chi connectivity index (χ2v) is 6.75. The molecule has 134 valence electrons. The molecule has 2 aromatic carbocycles. The minimum atomic E-state index is -0.419. The molecule has 0 aromatic heterocycles. The van der Waals surface area contributed by atoms with Crippen LogP contribution in [0.3, 0.4) is 0 Å². The second-order valence-electron chi connectivity index (χ2n) is 5.32. The third-order valence-electron chi connectivity index (χ3n) is 3.56. The number of amides is 1. The maximum absolute atomic E-state index is 13.1. The molecule has 1 amide bonds. The van der Waals surface area contributed by atoms with Crippen LogP contribution in [0.25, 0.3) is 6.08 Å². The van der Waals surface area contributed by atoms with Crippen LogP contribution in [0.4, 0.5) is 10.1 Å². The Balaban J connectivity index is 1.94. The van der Waals surface area contributed by atoms with Gasteiger partial charge in [-0.25, -0.2) is 4.39 Å². The summed E-state index contributed by atoms with van der Waals surface area (Å²) >= 11 is 6.99. The Kier molecular flexibility index (Phi) is 5.20. The van der Waals surface area contributed by atoms with E-state index in [4.69, 9.17) is 21.7 Å². The van der Waals surface area contributed by atoms with Crippen LogP contribution in [0.15, 0.2) is 41.3 Å². The van der Waals surface area contributed by atoms with Gasteiger partial charge in [-0.05, 0) is 66.7 Å². The normalized spacial score (nSPS) is 15.8. The minimum Gasteiger partial charge on any atom is -0.503 e. The van der Waals surface area contributed by atoms with Crippen molar-refractivity contribution in [3.63, 3.8) is 0 Å². The van der Waals surface area contributed by atoms with Crippen LogP contribution in [0, 0.1) is 11.2 Å². The number of nitrogens with one attached hydrogen (secondary N) is 1. The summed E-state index contributed by atoms with van der Waals surface area (Å²) in [6.45, 7) is 2.12. The lowest BCUT2D eigenvalue weighted by Gasteiger charge is -2.14. The van der Waals surface area contributed by atoms with Gasteiger partial charge in [0.05, 0.1) is 22.2 Å². The Bertz CT molecular complexity index is 915. The van der Waals surface area contributed by atoms with E-state index in [1.54, 1.807) is 19.1 Å². The molecule has 3 rings (SSSR count). The zero-order valence-electron chi connectivity index (χ0n) is 13.6. The first kappa shape index (κ1) is 18.3. The molecule has 2 N–H and O–H groups in total. The zero-order valence-corrected chi connectivity index (χ0v) is 15.2. The van der Waals surface area contributed by atoms with Gasteiger partial charge in [-0.1, -0.05) is 11.6 Å². The third kappa shape index (κ3) is 3.54. The largest absolute Gasteiger partial charge is 0.503 e. The van der Waals surface area contributed by atoms with Gasteiger partial charge in [-0.3, -0.25) is 15.1 Å². The number of halogens is 2. The summed E-state index contributed by atoms with van der Waals surface area (Å²) in [5, 5.41) is 18.1. The smallest absolute Gasteiger partial charge is 0.271 e. The fourth-order valence-electron chi connectivity index (χ4n) is 2.41. The molecule has 0 unspecified atom stereocenters. The number of anilines is 1. The van der Waals surface area contributed by atoms with Crippen molar-refractivity contribution in [2.75, 3.05) is 11.5 Å². The van der Waals surface area contributed by atoms with Gasteiger partial charge in [-0.15, -0.1) is 0 Å². The summed E-state index contributed by atoms with van der Waals surface area (Å²) < 4.78 is 18.4. The molecule has 0 spiro atoms. The average Bonchev–Trinajstić information content (AvgIpc) is 2.87. The van der Waals surface area contributed by atoms with Crippen molar-refractivity contribution < 1.29 is 19.0 Å². The van der Waals surface area contributed by atoms with Crippen LogP contribution in [0.2, 0.25) is 5.02 Å². The lowest BCUT2D eigenvalue weighted by molar-refractivity contribution is -0.113. The molecule has 0 bridgehead atoms. The molecule has 1 heterocycles. The fraction of sp³-hybridized carbons (Fsp3) is 0.111. The standard InChI is InChI=1S/C18H14ClFN2O3S/c1-2-25-14-8-10(7-13(19)16(14)23)9-15-17(24)22(18(21)26-15)12-5-3-11(20)4-6-12/h3-9,21,23H,2H2,1H3/b15-9-,21-18?. The number of phenols is 1. The summed E-state index contributed by atoms with van der Waals surface area (Å²) in [6, 6.07) is 8.42. The number of nitrogens with zero attached hydrogens (tertiary/aromatic N) is 1. The van der Waals surface area contributed by atoms with E-state index in [-0.39, 0.29) is 21.7 Å². The number of hydrogen-bond acceptors (Lipinski definition) is 5. The van der Waals surface area contributed by atoms with Crippen molar-refractivity contribution in [1.82, 2.24) is 0 Å². The number of thioether (sulfide) groups is 1. The maximum atomic E-state index is 13.1. The molecular formula is C18H14ClFN2O3S. The minimum absolute atomic E-state index is 0.0164.